The van der Waals surface area contributed by atoms with Crippen LogP contribution in [0.1, 0.15) is 37.7 Å². The molecule has 1 aliphatic carbocycles. The van der Waals surface area contributed by atoms with Gasteiger partial charge in [-0.05, 0) is 30.4 Å². The van der Waals surface area contributed by atoms with E-state index in [1.165, 1.54) is 4.57 Å². The molecule has 26 heavy (non-hydrogen) atoms. The highest BCUT2D eigenvalue weighted by molar-refractivity contribution is 5.65. The van der Waals surface area contributed by atoms with Gasteiger partial charge in [0, 0.05) is 12.2 Å². The van der Waals surface area contributed by atoms with Gasteiger partial charge in [-0.3, -0.25) is 4.79 Å². The predicted molar refractivity (Wildman–Crippen MR) is 94.0 cm³/mol. The largest absolute Gasteiger partial charge is 0.407 e. The van der Waals surface area contributed by atoms with Crippen LogP contribution in [0.4, 0.5) is 18.9 Å². The second kappa shape index (κ2) is 7.36. The van der Waals surface area contributed by atoms with Gasteiger partial charge in [0.15, 0.2) is 0 Å². The van der Waals surface area contributed by atoms with Gasteiger partial charge < -0.3 is 4.57 Å². The Labute approximate surface area is 149 Å². The fourth-order valence-corrected chi connectivity index (χ4v) is 3.62. The maximum absolute atomic E-state index is 13.4. The summed E-state index contributed by atoms with van der Waals surface area (Å²) in [6.45, 7) is 7.46. The van der Waals surface area contributed by atoms with Crippen LogP contribution in [0.2, 0.25) is 0 Å². The fraction of sp³-hybridized carbons (Fsp3) is 0.400. The highest BCUT2D eigenvalue weighted by Gasteiger charge is 2.36. The Hall–Kier alpha value is -2.55. The zero-order chi connectivity index (χ0) is 18.7. The number of nitrogens with zero attached hydrogens (tertiary/aromatic N) is 2. The molecule has 3 rings (SSSR count). The van der Waals surface area contributed by atoms with Crippen LogP contribution >= 0.6 is 0 Å². The van der Waals surface area contributed by atoms with Crippen molar-refractivity contribution in [3.8, 4) is 11.3 Å². The quantitative estimate of drug-likeness (QED) is 0.648. The van der Waals surface area contributed by atoms with E-state index in [2.05, 4.69) is 4.85 Å². The molecule has 2 aromatic rings. The SMILES string of the molecule is [C-]#[N+]c1c(C(F)(F)F)cc(-c2ccccc2)n(CC2CCCCC2)c1=O. The van der Waals surface area contributed by atoms with Crippen molar-refractivity contribution < 1.29 is 13.2 Å². The molecule has 3 nitrogen and oxygen atoms in total. The van der Waals surface area contributed by atoms with Crippen molar-refractivity contribution >= 4 is 5.69 Å². The van der Waals surface area contributed by atoms with E-state index in [1.807, 2.05) is 0 Å². The van der Waals surface area contributed by atoms with Crippen LogP contribution in [-0.2, 0) is 12.7 Å². The van der Waals surface area contributed by atoms with Gasteiger partial charge in [0.1, 0.15) is 0 Å². The number of halogens is 3. The Kier molecular flexibility index (Phi) is 5.17. The van der Waals surface area contributed by atoms with Crippen molar-refractivity contribution in [1.82, 2.24) is 4.57 Å². The van der Waals surface area contributed by atoms with E-state index in [-0.39, 0.29) is 11.6 Å². The number of pyridine rings is 1. The Morgan fingerprint density at radius 3 is 2.35 bits per heavy atom. The number of hydrogen-bond donors (Lipinski definition) is 0. The monoisotopic (exact) mass is 360 g/mol. The summed E-state index contributed by atoms with van der Waals surface area (Å²) >= 11 is 0. The minimum atomic E-state index is -4.74. The smallest absolute Gasteiger partial charge is 0.317 e. The maximum atomic E-state index is 13.4. The summed E-state index contributed by atoms with van der Waals surface area (Å²) < 4.78 is 41.6. The Bertz CT molecular complexity index is 873. The van der Waals surface area contributed by atoms with Crippen LogP contribution in [0.15, 0.2) is 41.2 Å². The molecule has 1 aliphatic rings. The molecule has 0 N–H and O–H groups in total. The molecule has 1 fully saturated rings. The van der Waals surface area contributed by atoms with E-state index >= 15 is 0 Å². The lowest BCUT2D eigenvalue weighted by Gasteiger charge is -2.25. The Morgan fingerprint density at radius 2 is 1.77 bits per heavy atom. The van der Waals surface area contributed by atoms with E-state index < -0.39 is 23.0 Å². The van der Waals surface area contributed by atoms with Crippen molar-refractivity contribution in [2.24, 2.45) is 5.92 Å². The zero-order valence-electron chi connectivity index (χ0n) is 14.2. The lowest BCUT2D eigenvalue weighted by molar-refractivity contribution is -0.136. The van der Waals surface area contributed by atoms with Crippen molar-refractivity contribution in [3.63, 3.8) is 0 Å². The van der Waals surface area contributed by atoms with E-state index in [0.717, 1.165) is 38.2 Å². The van der Waals surface area contributed by atoms with E-state index in [9.17, 15) is 18.0 Å². The molecule has 1 saturated carbocycles. The van der Waals surface area contributed by atoms with Crippen LogP contribution in [0, 0.1) is 12.5 Å². The molecule has 0 saturated heterocycles. The molecule has 6 heteroatoms. The van der Waals surface area contributed by atoms with E-state index in [4.69, 9.17) is 6.57 Å². The molecule has 1 heterocycles. The minimum absolute atomic E-state index is 0.223. The van der Waals surface area contributed by atoms with Crippen LogP contribution in [0.5, 0.6) is 0 Å². The molecule has 1 aromatic heterocycles. The van der Waals surface area contributed by atoms with Crippen LogP contribution in [0.25, 0.3) is 16.1 Å². The Balaban J connectivity index is 2.20. The first kappa shape index (κ1) is 18.2. The van der Waals surface area contributed by atoms with Gasteiger partial charge in [-0.1, -0.05) is 49.6 Å². The van der Waals surface area contributed by atoms with E-state index in [0.29, 0.717) is 12.1 Å². The second-order valence-electron chi connectivity index (χ2n) is 6.69. The number of aromatic nitrogens is 1. The molecule has 136 valence electrons. The second-order valence-corrected chi connectivity index (χ2v) is 6.69. The molecule has 0 aliphatic heterocycles. The first-order valence-electron chi connectivity index (χ1n) is 8.69. The standard InChI is InChI=1S/C20H19F3N2O/c1-24-18-16(20(21,22)23)12-17(15-10-6-3-7-11-15)25(19(18)26)13-14-8-4-2-5-9-14/h3,6-7,10-12,14H,2,4-5,8-9,13H2. The number of benzene rings is 1. The number of rotatable bonds is 3. The molecular weight excluding hydrogens is 341 g/mol. The van der Waals surface area contributed by atoms with Crippen molar-refractivity contribution in [1.29, 1.82) is 0 Å². The highest BCUT2D eigenvalue weighted by Crippen LogP contribution is 2.37. The lowest BCUT2D eigenvalue weighted by atomic mass is 9.89. The van der Waals surface area contributed by atoms with Crippen molar-refractivity contribution in [2.45, 2.75) is 44.8 Å². The average molecular weight is 360 g/mol. The normalized spacial score (nSPS) is 15.6. The number of alkyl halides is 3. The van der Waals surface area contributed by atoms with Gasteiger partial charge in [-0.25, -0.2) is 4.85 Å². The zero-order valence-corrected chi connectivity index (χ0v) is 14.2. The van der Waals surface area contributed by atoms with Crippen LogP contribution in [-0.4, -0.2) is 4.57 Å². The molecule has 0 unspecified atom stereocenters. The topological polar surface area (TPSA) is 26.4 Å². The fourth-order valence-electron chi connectivity index (χ4n) is 3.62. The lowest BCUT2D eigenvalue weighted by Crippen LogP contribution is -2.28. The van der Waals surface area contributed by atoms with E-state index in [1.54, 1.807) is 30.3 Å². The summed E-state index contributed by atoms with van der Waals surface area (Å²) in [5.74, 6) is 0.249. The third-order valence-electron chi connectivity index (χ3n) is 4.93. The number of hydrogen-bond acceptors (Lipinski definition) is 1. The summed E-state index contributed by atoms with van der Waals surface area (Å²) in [5, 5.41) is 0. The summed E-state index contributed by atoms with van der Waals surface area (Å²) in [6.07, 6.45) is 0.445. The van der Waals surface area contributed by atoms with Crippen molar-refractivity contribution in [2.75, 3.05) is 0 Å². The highest BCUT2D eigenvalue weighted by atomic mass is 19.4. The first-order valence-corrected chi connectivity index (χ1v) is 8.69. The molecule has 0 amide bonds. The summed E-state index contributed by atoms with van der Waals surface area (Å²) in [6, 6.07) is 9.54. The molecule has 1 aromatic carbocycles. The first-order chi connectivity index (χ1) is 12.4. The van der Waals surface area contributed by atoms with Gasteiger partial charge in [0.25, 0.3) is 11.2 Å². The molecular formula is C20H19F3N2O. The Morgan fingerprint density at radius 1 is 1.12 bits per heavy atom. The maximum Gasteiger partial charge on any atom is 0.407 e. The summed E-state index contributed by atoms with van der Waals surface area (Å²) in [7, 11) is 0. The van der Waals surface area contributed by atoms with Gasteiger partial charge in [0.2, 0.25) is 0 Å². The summed E-state index contributed by atoms with van der Waals surface area (Å²) in [5.41, 5.74) is -2.08. The predicted octanol–water partition coefficient (Wildman–Crippen LogP) is 5.67. The van der Waals surface area contributed by atoms with Gasteiger partial charge in [-0.15, -0.1) is 0 Å². The van der Waals surface area contributed by atoms with Crippen molar-refractivity contribution in [3.05, 3.63) is 63.7 Å². The van der Waals surface area contributed by atoms with Crippen LogP contribution < -0.4 is 5.56 Å². The molecule has 0 atom stereocenters. The minimum Gasteiger partial charge on any atom is -0.317 e. The van der Waals surface area contributed by atoms with Gasteiger partial charge in [-0.2, -0.15) is 13.2 Å². The third kappa shape index (κ3) is 3.67. The molecule has 0 radical (unpaired) electrons. The average Bonchev–Trinajstić information content (AvgIpc) is 2.63. The van der Waals surface area contributed by atoms with Gasteiger partial charge in [0.05, 0.1) is 12.1 Å². The van der Waals surface area contributed by atoms with Crippen LogP contribution in [0.3, 0.4) is 0 Å². The molecule has 0 spiro atoms. The summed E-state index contributed by atoms with van der Waals surface area (Å²) in [4.78, 5) is 15.7. The molecule has 0 bridgehead atoms. The van der Waals surface area contributed by atoms with Gasteiger partial charge >= 0.3 is 6.18 Å². The third-order valence-corrected chi connectivity index (χ3v) is 4.93.